The molecule has 3 rings (SSSR count). The molecule has 1 amide bonds. The first kappa shape index (κ1) is 21.8. The predicted octanol–water partition coefficient (Wildman–Crippen LogP) is 1.03. The van der Waals surface area contributed by atoms with Gasteiger partial charge in [-0.05, 0) is 36.4 Å². The normalized spacial score (nSPS) is 16.6. The van der Waals surface area contributed by atoms with Crippen LogP contribution in [0.5, 0.6) is 11.5 Å². The maximum Gasteiger partial charge on any atom is 0.260 e. The van der Waals surface area contributed by atoms with Gasteiger partial charge in [-0.15, -0.1) is 0 Å². The minimum atomic E-state index is -3.66. The summed E-state index contributed by atoms with van der Waals surface area (Å²) in [6.45, 7) is 1.60. The molecule has 8 nitrogen and oxygen atoms in total. The summed E-state index contributed by atoms with van der Waals surface area (Å²) >= 11 is 0. The van der Waals surface area contributed by atoms with Crippen LogP contribution < -0.4 is 19.4 Å². The molecule has 0 spiro atoms. The Labute approximate surface area is 177 Å². The molecule has 1 aliphatic heterocycles. The number of amides is 1. The lowest BCUT2D eigenvalue weighted by molar-refractivity contribution is -0.880. The summed E-state index contributed by atoms with van der Waals surface area (Å²) in [6, 6.07) is 15.8. The fraction of sp³-hybridized carbons (Fsp3) is 0.333. The highest BCUT2D eigenvalue weighted by atomic mass is 32.2. The van der Waals surface area contributed by atoms with Gasteiger partial charge in [0, 0.05) is 18.6 Å². The van der Waals surface area contributed by atoms with Gasteiger partial charge in [-0.2, -0.15) is 5.10 Å². The summed E-state index contributed by atoms with van der Waals surface area (Å²) < 4.78 is 31.3. The van der Waals surface area contributed by atoms with Crippen molar-refractivity contribution < 1.29 is 22.8 Å². The lowest BCUT2D eigenvalue weighted by Gasteiger charge is -2.22. The minimum absolute atomic E-state index is 0.348. The van der Waals surface area contributed by atoms with E-state index >= 15 is 0 Å². The molecule has 1 fully saturated rings. The van der Waals surface area contributed by atoms with E-state index < -0.39 is 15.9 Å². The van der Waals surface area contributed by atoms with Crippen LogP contribution in [0.15, 0.2) is 59.7 Å². The molecule has 0 unspecified atom stereocenters. The second-order valence-electron chi connectivity index (χ2n) is 7.35. The molecule has 0 aromatic heterocycles. The van der Waals surface area contributed by atoms with E-state index in [0.29, 0.717) is 17.2 Å². The number of benzene rings is 2. The summed E-state index contributed by atoms with van der Waals surface area (Å²) in [6.07, 6.45) is 2.72. The number of hydrazone groups is 1. The number of rotatable bonds is 7. The van der Waals surface area contributed by atoms with Gasteiger partial charge in [0.15, 0.2) is 0 Å². The number of ether oxygens (including phenoxy) is 1. The highest BCUT2D eigenvalue weighted by Crippen LogP contribution is 2.25. The number of hydrogen-bond acceptors (Lipinski definition) is 5. The lowest BCUT2D eigenvalue weighted by Crippen LogP contribution is -3.10. The average Bonchev–Trinajstić information content (AvgIpc) is 2.72. The summed E-state index contributed by atoms with van der Waals surface area (Å²) in [5.74, 6) is 0.765. The van der Waals surface area contributed by atoms with Crippen LogP contribution in [-0.2, 0) is 14.8 Å². The van der Waals surface area contributed by atoms with Gasteiger partial charge in [0.1, 0.15) is 18.0 Å². The molecule has 2 aromatic rings. The van der Waals surface area contributed by atoms with Gasteiger partial charge in [-0.25, -0.2) is 13.8 Å². The van der Waals surface area contributed by atoms with Gasteiger partial charge in [-0.3, -0.25) is 9.10 Å². The molecule has 30 heavy (non-hydrogen) atoms. The van der Waals surface area contributed by atoms with Gasteiger partial charge >= 0.3 is 0 Å². The van der Waals surface area contributed by atoms with Crippen molar-refractivity contribution in [3.8, 4) is 11.5 Å². The smallest absolute Gasteiger partial charge is 0.260 e. The molecule has 1 heterocycles. The van der Waals surface area contributed by atoms with Gasteiger partial charge in [0.25, 0.3) is 5.91 Å². The van der Waals surface area contributed by atoms with Crippen molar-refractivity contribution in [2.45, 2.75) is 12.8 Å². The first-order chi connectivity index (χ1) is 14.3. The van der Waals surface area contributed by atoms with Crippen molar-refractivity contribution in [1.29, 1.82) is 0 Å². The number of nitrogens with one attached hydrogen (secondary N) is 2. The molecule has 2 N–H and O–H groups in total. The SMILES string of the molecule is C[NH+]1CCC(=NNC(=O)CN(c2ccc(Oc3ccccc3)cc2)S(C)(=O)=O)CC1. The lowest BCUT2D eigenvalue weighted by atomic mass is 10.1. The molecule has 2 aromatic carbocycles. The summed E-state index contributed by atoms with van der Waals surface area (Å²) in [5, 5.41) is 4.17. The van der Waals surface area contributed by atoms with Crippen LogP contribution in [0.2, 0.25) is 0 Å². The van der Waals surface area contributed by atoms with Gasteiger partial charge in [0.05, 0.1) is 32.1 Å². The fourth-order valence-corrected chi connectivity index (χ4v) is 3.95. The quantitative estimate of drug-likeness (QED) is 0.641. The molecule has 1 aliphatic rings. The van der Waals surface area contributed by atoms with Crippen LogP contribution in [0.25, 0.3) is 0 Å². The highest BCUT2D eigenvalue weighted by molar-refractivity contribution is 7.92. The zero-order valence-corrected chi connectivity index (χ0v) is 18.0. The van der Waals surface area contributed by atoms with E-state index in [0.717, 1.165) is 42.2 Å². The molecular weight excluding hydrogens is 404 g/mol. The molecule has 0 bridgehead atoms. The number of hydrogen-bond donors (Lipinski definition) is 2. The number of quaternary nitrogens is 1. The van der Waals surface area contributed by atoms with Crippen LogP contribution in [0.4, 0.5) is 5.69 Å². The molecule has 0 radical (unpaired) electrons. The molecule has 160 valence electrons. The Kier molecular flexibility index (Phi) is 7.07. The van der Waals surface area contributed by atoms with E-state index in [1.807, 2.05) is 30.3 Å². The Bertz CT molecular complexity index is 981. The number of carbonyl (C=O) groups is 1. The number of piperidine rings is 1. The number of anilines is 1. The number of para-hydroxylation sites is 1. The standard InChI is InChI=1S/C21H26N4O4S/c1-24-14-12-17(13-15-24)22-23-21(26)16-25(30(2,27)28)18-8-10-20(11-9-18)29-19-6-4-3-5-7-19/h3-11H,12-16H2,1-2H3,(H,23,26)/p+1. The van der Waals surface area contributed by atoms with Crippen molar-refractivity contribution in [2.24, 2.45) is 5.10 Å². The van der Waals surface area contributed by atoms with Crippen molar-refractivity contribution >= 4 is 27.3 Å². The summed E-state index contributed by atoms with van der Waals surface area (Å²) in [7, 11) is -1.53. The maximum absolute atomic E-state index is 12.3. The number of nitrogens with zero attached hydrogens (tertiary/aromatic N) is 2. The third kappa shape index (κ3) is 6.30. The number of likely N-dealkylation sites (tertiary alicyclic amines) is 1. The van der Waals surface area contributed by atoms with E-state index in [4.69, 9.17) is 4.74 Å². The Hall–Kier alpha value is -2.91. The second kappa shape index (κ2) is 9.73. The zero-order chi connectivity index (χ0) is 21.6. The first-order valence-electron chi connectivity index (χ1n) is 9.77. The zero-order valence-electron chi connectivity index (χ0n) is 17.2. The maximum atomic E-state index is 12.3. The Balaban J connectivity index is 1.65. The molecule has 1 saturated heterocycles. The van der Waals surface area contributed by atoms with Crippen molar-refractivity contribution in [2.75, 3.05) is 37.2 Å². The van der Waals surface area contributed by atoms with E-state index in [1.165, 1.54) is 4.90 Å². The van der Waals surface area contributed by atoms with E-state index in [-0.39, 0.29) is 6.54 Å². The van der Waals surface area contributed by atoms with Crippen LogP contribution in [0, 0.1) is 0 Å². The Morgan fingerprint density at radius 1 is 1.07 bits per heavy atom. The van der Waals surface area contributed by atoms with Crippen molar-refractivity contribution in [3.05, 3.63) is 54.6 Å². The van der Waals surface area contributed by atoms with Crippen molar-refractivity contribution in [3.63, 3.8) is 0 Å². The van der Waals surface area contributed by atoms with Crippen LogP contribution >= 0.6 is 0 Å². The highest BCUT2D eigenvalue weighted by Gasteiger charge is 2.21. The van der Waals surface area contributed by atoms with E-state index in [1.54, 1.807) is 24.3 Å². The van der Waals surface area contributed by atoms with Crippen LogP contribution in [0.3, 0.4) is 0 Å². The Morgan fingerprint density at radius 2 is 1.67 bits per heavy atom. The first-order valence-corrected chi connectivity index (χ1v) is 11.6. The Morgan fingerprint density at radius 3 is 2.27 bits per heavy atom. The topological polar surface area (TPSA) is 92.5 Å². The monoisotopic (exact) mass is 431 g/mol. The van der Waals surface area contributed by atoms with E-state index in [2.05, 4.69) is 17.6 Å². The van der Waals surface area contributed by atoms with Gasteiger partial charge in [0.2, 0.25) is 10.0 Å². The minimum Gasteiger partial charge on any atom is -0.457 e. The van der Waals surface area contributed by atoms with Gasteiger partial charge in [-0.1, -0.05) is 18.2 Å². The van der Waals surface area contributed by atoms with E-state index in [9.17, 15) is 13.2 Å². The summed E-state index contributed by atoms with van der Waals surface area (Å²) in [4.78, 5) is 13.8. The van der Waals surface area contributed by atoms with Crippen LogP contribution in [-0.4, -0.2) is 53.0 Å². The fourth-order valence-electron chi connectivity index (χ4n) is 3.09. The summed E-state index contributed by atoms with van der Waals surface area (Å²) in [5.41, 5.74) is 3.80. The average molecular weight is 432 g/mol. The third-order valence-corrected chi connectivity index (χ3v) is 5.95. The third-order valence-electron chi connectivity index (χ3n) is 4.81. The van der Waals surface area contributed by atoms with Gasteiger partial charge < -0.3 is 9.64 Å². The largest absolute Gasteiger partial charge is 0.457 e. The van der Waals surface area contributed by atoms with Crippen molar-refractivity contribution in [1.82, 2.24) is 5.43 Å². The number of carbonyl (C=O) groups excluding carboxylic acids is 1. The molecular formula is C21H27N4O4S+. The predicted molar refractivity (Wildman–Crippen MR) is 117 cm³/mol. The molecule has 0 saturated carbocycles. The second-order valence-corrected chi connectivity index (χ2v) is 9.26. The number of sulfonamides is 1. The van der Waals surface area contributed by atoms with Crippen LogP contribution in [0.1, 0.15) is 12.8 Å². The molecule has 9 heteroatoms. The molecule has 0 aliphatic carbocycles. The molecule has 0 atom stereocenters.